The van der Waals surface area contributed by atoms with E-state index >= 15 is 0 Å². The molecule has 0 saturated carbocycles. The molecule has 1 aromatic rings. The maximum Gasteiger partial charge on any atom is 0.137 e. The maximum atomic E-state index is 11.3. The van der Waals surface area contributed by atoms with Crippen LogP contribution in [0.1, 0.15) is 74.5 Å². The highest BCUT2D eigenvalue weighted by molar-refractivity contribution is 9.10. The highest BCUT2D eigenvalue weighted by Gasteiger charge is 2.35. The number of phenols is 2. The summed E-state index contributed by atoms with van der Waals surface area (Å²) in [5, 5.41) is 31.7. The Balaban J connectivity index is 2.21. The van der Waals surface area contributed by atoms with Gasteiger partial charge in [-0.05, 0) is 85.7 Å². The summed E-state index contributed by atoms with van der Waals surface area (Å²) < 4.78 is 0.708. The predicted octanol–water partition coefficient (Wildman–Crippen LogP) is 5.68. The van der Waals surface area contributed by atoms with Gasteiger partial charge in [0.25, 0.3) is 0 Å². The third-order valence-electron chi connectivity index (χ3n) is 6.14. The van der Waals surface area contributed by atoms with E-state index in [1.807, 2.05) is 6.92 Å². The Morgan fingerprint density at radius 3 is 2.58 bits per heavy atom. The van der Waals surface area contributed by atoms with E-state index in [4.69, 9.17) is 0 Å². The lowest BCUT2D eigenvalue weighted by atomic mass is 9.71. The average Bonchev–Trinajstić information content (AvgIpc) is 2.60. The van der Waals surface area contributed by atoms with Crippen molar-refractivity contribution < 1.29 is 15.3 Å². The van der Waals surface area contributed by atoms with Crippen LogP contribution in [-0.4, -0.2) is 21.9 Å². The largest absolute Gasteiger partial charge is 0.507 e. The first-order valence-corrected chi connectivity index (χ1v) is 10.4. The summed E-state index contributed by atoms with van der Waals surface area (Å²) in [6, 6.07) is 0. The van der Waals surface area contributed by atoms with E-state index in [1.54, 1.807) is 0 Å². The van der Waals surface area contributed by atoms with Crippen LogP contribution < -0.4 is 0 Å². The first kappa shape index (κ1) is 19.5. The monoisotopic (exact) mass is 420 g/mol. The van der Waals surface area contributed by atoms with Crippen molar-refractivity contribution in [2.75, 3.05) is 6.61 Å². The van der Waals surface area contributed by atoms with Crippen LogP contribution in [0.25, 0.3) is 0 Å². The predicted molar refractivity (Wildman–Crippen MR) is 109 cm³/mol. The third-order valence-corrected chi connectivity index (χ3v) is 7.00. The van der Waals surface area contributed by atoms with Crippen LogP contribution in [-0.2, 0) is 6.42 Å². The second kappa shape index (κ2) is 7.77. The summed E-state index contributed by atoms with van der Waals surface area (Å²) in [6.07, 6.45) is 7.63. The average molecular weight is 421 g/mol. The molecule has 0 bridgehead atoms. The molecular formula is C22H29BrO3. The number of fused-ring (bicyclic) bond motifs is 1. The Bertz CT molecular complexity index is 750. The molecule has 0 unspecified atom stereocenters. The molecule has 0 amide bonds. The molecule has 0 aromatic heterocycles. The van der Waals surface area contributed by atoms with Crippen molar-refractivity contribution in [3.05, 3.63) is 45.0 Å². The maximum absolute atomic E-state index is 11.3. The van der Waals surface area contributed by atoms with Crippen LogP contribution in [0.15, 0.2) is 28.3 Å². The Hall–Kier alpha value is -1.26. The third kappa shape index (κ3) is 3.34. The summed E-state index contributed by atoms with van der Waals surface area (Å²) in [4.78, 5) is 0. The molecule has 142 valence electrons. The molecule has 3 nitrogen and oxygen atoms in total. The zero-order valence-corrected chi connectivity index (χ0v) is 17.3. The summed E-state index contributed by atoms with van der Waals surface area (Å²) in [6.45, 7) is 8.40. The van der Waals surface area contributed by atoms with Crippen molar-refractivity contribution in [1.82, 2.24) is 0 Å². The second-order valence-corrected chi connectivity index (χ2v) is 8.74. The highest BCUT2D eigenvalue weighted by Crippen LogP contribution is 2.54. The molecule has 0 heterocycles. The molecule has 1 aromatic carbocycles. The van der Waals surface area contributed by atoms with Gasteiger partial charge in [-0.2, -0.15) is 0 Å². The van der Waals surface area contributed by atoms with Gasteiger partial charge in [0.2, 0.25) is 0 Å². The number of phenolic OH excluding ortho intramolecular Hbond substituents is 2. The van der Waals surface area contributed by atoms with Gasteiger partial charge in [-0.25, -0.2) is 0 Å². The van der Waals surface area contributed by atoms with Crippen LogP contribution in [0, 0.1) is 5.92 Å². The Morgan fingerprint density at radius 1 is 1.19 bits per heavy atom. The summed E-state index contributed by atoms with van der Waals surface area (Å²) in [7, 11) is 0. The standard InChI is InChI=1S/C22H29BrO3/c1-12(2)15-8-7-13(3)11-17(15)19-21(25)18-14(9-10-24)5-4-6-16(18)20(23)22(19)26/h11,14-15,17,24-26H,1,4-10H2,2-3H3/t14-,15-,17+/m0/s1. The molecule has 3 atom stereocenters. The number of aliphatic hydroxyl groups is 1. The lowest BCUT2D eigenvalue weighted by molar-refractivity contribution is 0.267. The van der Waals surface area contributed by atoms with Gasteiger partial charge in [-0.1, -0.05) is 23.8 Å². The van der Waals surface area contributed by atoms with Crippen LogP contribution in [0.3, 0.4) is 0 Å². The van der Waals surface area contributed by atoms with Gasteiger partial charge >= 0.3 is 0 Å². The molecule has 2 aliphatic rings. The minimum absolute atomic E-state index is 0.0699. The number of benzene rings is 1. The highest BCUT2D eigenvalue weighted by atomic mass is 79.9. The first-order valence-electron chi connectivity index (χ1n) is 9.56. The van der Waals surface area contributed by atoms with E-state index in [1.165, 1.54) is 5.57 Å². The van der Waals surface area contributed by atoms with Crippen molar-refractivity contribution in [3.63, 3.8) is 0 Å². The molecule has 4 heteroatoms. The second-order valence-electron chi connectivity index (χ2n) is 7.95. The number of hydrogen-bond acceptors (Lipinski definition) is 3. The van der Waals surface area contributed by atoms with E-state index in [9.17, 15) is 15.3 Å². The van der Waals surface area contributed by atoms with E-state index in [-0.39, 0.29) is 35.9 Å². The number of allylic oxidation sites excluding steroid dienone is 3. The smallest absolute Gasteiger partial charge is 0.137 e. The number of hydrogen-bond donors (Lipinski definition) is 3. The topological polar surface area (TPSA) is 60.7 Å². The van der Waals surface area contributed by atoms with Crippen molar-refractivity contribution in [1.29, 1.82) is 0 Å². The van der Waals surface area contributed by atoms with Gasteiger partial charge in [-0.3, -0.25) is 0 Å². The van der Waals surface area contributed by atoms with Gasteiger partial charge in [0, 0.05) is 23.7 Å². The van der Waals surface area contributed by atoms with Gasteiger partial charge in [-0.15, -0.1) is 0 Å². The molecule has 3 N–H and O–H groups in total. The minimum atomic E-state index is -0.0699. The molecule has 2 aliphatic carbocycles. The first-order chi connectivity index (χ1) is 12.4. The Morgan fingerprint density at radius 2 is 1.92 bits per heavy atom. The van der Waals surface area contributed by atoms with Gasteiger partial charge in [0.05, 0.1) is 4.47 Å². The molecule has 0 spiro atoms. The zero-order valence-electron chi connectivity index (χ0n) is 15.7. The van der Waals surface area contributed by atoms with Gasteiger partial charge < -0.3 is 15.3 Å². The lowest BCUT2D eigenvalue weighted by Gasteiger charge is -2.34. The Kier molecular flexibility index (Phi) is 5.83. The number of halogens is 1. The molecule has 0 aliphatic heterocycles. The fourth-order valence-corrected chi connectivity index (χ4v) is 5.43. The fraction of sp³-hybridized carbons (Fsp3) is 0.545. The summed E-state index contributed by atoms with van der Waals surface area (Å²) in [5.41, 5.74) is 4.90. The van der Waals surface area contributed by atoms with Crippen LogP contribution in [0.4, 0.5) is 0 Å². The van der Waals surface area contributed by atoms with Crippen molar-refractivity contribution in [3.8, 4) is 11.5 Å². The van der Waals surface area contributed by atoms with Crippen molar-refractivity contribution in [2.24, 2.45) is 5.92 Å². The van der Waals surface area contributed by atoms with Crippen LogP contribution in [0.2, 0.25) is 0 Å². The number of rotatable bonds is 4. The molecule has 3 rings (SSSR count). The zero-order chi connectivity index (χ0) is 19.0. The van der Waals surface area contributed by atoms with Crippen molar-refractivity contribution in [2.45, 2.75) is 64.2 Å². The van der Waals surface area contributed by atoms with E-state index < -0.39 is 0 Å². The number of aliphatic hydroxyl groups excluding tert-OH is 1. The van der Waals surface area contributed by atoms with Gasteiger partial charge in [0.1, 0.15) is 11.5 Å². The summed E-state index contributed by atoms with van der Waals surface area (Å²) in [5.74, 6) is 0.658. The van der Waals surface area contributed by atoms with Gasteiger partial charge in [0.15, 0.2) is 0 Å². The molecular weight excluding hydrogens is 392 g/mol. The van der Waals surface area contributed by atoms with Crippen molar-refractivity contribution >= 4 is 15.9 Å². The summed E-state index contributed by atoms with van der Waals surface area (Å²) >= 11 is 3.60. The SMILES string of the molecule is C=C(C)[C@@H]1CCC(C)=C[C@H]1c1c(O)c(Br)c2c(c1O)[C@H](CCO)CCC2. The van der Waals surface area contributed by atoms with Crippen LogP contribution >= 0.6 is 15.9 Å². The molecule has 0 saturated heterocycles. The lowest BCUT2D eigenvalue weighted by Crippen LogP contribution is -2.19. The fourth-order valence-electron chi connectivity index (χ4n) is 4.80. The number of aromatic hydroxyl groups is 2. The Labute approximate surface area is 164 Å². The molecule has 0 radical (unpaired) electrons. The molecule has 0 fully saturated rings. The van der Waals surface area contributed by atoms with E-state index in [2.05, 4.69) is 35.5 Å². The van der Waals surface area contributed by atoms with E-state index in [0.29, 0.717) is 16.5 Å². The molecule has 26 heavy (non-hydrogen) atoms. The quantitative estimate of drug-likeness (QED) is 0.549. The normalized spacial score (nSPS) is 25.5. The van der Waals surface area contributed by atoms with E-state index in [0.717, 1.165) is 48.8 Å². The van der Waals surface area contributed by atoms with Crippen LogP contribution in [0.5, 0.6) is 11.5 Å². The minimum Gasteiger partial charge on any atom is -0.507 e.